The van der Waals surface area contributed by atoms with Gasteiger partial charge in [-0.25, -0.2) is 0 Å². The molecule has 1 aromatic heterocycles. The average Bonchev–Trinajstić information content (AvgIpc) is 2.88. The Bertz CT molecular complexity index is 533. The molecule has 0 amide bonds. The van der Waals surface area contributed by atoms with Crippen molar-refractivity contribution in [2.24, 2.45) is 0 Å². The second-order valence-electron chi connectivity index (χ2n) is 5.15. The summed E-state index contributed by atoms with van der Waals surface area (Å²) in [5.74, 6) is 0. The number of nitrogens with zero attached hydrogens (tertiary/aromatic N) is 1. The zero-order chi connectivity index (χ0) is 14.4. The number of aromatic nitrogens is 1. The SMILES string of the molecule is CCCn1ccc(CNC(CC)c2cccc(Cl)c2)c1. The van der Waals surface area contributed by atoms with Gasteiger partial charge in [0.05, 0.1) is 0 Å². The number of benzene rings is 1. The molecule has 0 saturated heterocycles. The van der Waals surface area contributed by atoms with E-state index in [0.29, 0.717) is 6.04 Å². The highest BCUT2D eigenvalue weighted by Gasteiger charge is 2.09. The fraction of sp³-hybridized carbons (Fsp3) is 0.412. The van der Waals surface area contributed by atoms with Crippen LogP contribution in [0.4, 0.5) is 0 Å². The van der Waals surface area contributed by atoms with E-state index in [-0.39, 0.29) is 0 Å². The van der Waals surface area contributed by atoms with E-state index >= 15 is 0 Å². The van der Waals surface area contributed by atoms with Gasteiger partial charge in [-0.2, -0.15) is 0 Å². The van der Waals surface area contributed by atoms with E-state index in [9.17, 15) is 0 Å². The third kappa shape index (κ3) is 4.12. The number of hydrogen-bond donors (Lipinski definition) is 1. The minimum Gasteiger partial charge on any atom is -0.354 e. The van der Waals surface area contributed by atoms with Crippen LogP contribution in [-0.2, 0) is 13.1 Å². The van der Waals surface area contributed by atoms with Crippen molar-refractivity contribution in [3.05, 3.63) is 58.9 Å². The van der Waals surface area contributed by atoms with Crippen molar-refractivity contribution in [2.45, 2.75) is 45.8 Å². The highest BCUT2D eigenvalue weighted by Crippen LogP contribution is 2.20. The van der Waals surface area contributed by atoms with E-state index in [1.807, 2.05) is 18.2 Å². The normalized spacial score (nSPS) is 12.6. The highest BCUT2D eigenvalue weighted by atomic mass is 35.5. The zero-order valence-electron chi connectivity index (χ0n) is 12.3. The van der Waals surface area contributed by atoms with E-state index in [1.165, 1.54) is 17.5 Å². The predicted octanol–water partition coefficient (Wildman–Crippen LogP) is 4.79. The zero-order valence-corrected chi connectivity index (χ0v) is 13.0. The van der Waals surface area contributed by atoms with Crippen LogP contribution in [0.3, 0.4) is 0 Å². The molecule has 1 unspecified atom stereocenters. The largest absolute Gasteiger partial charge is 0.354 e. The minimum absolute atomic E-state index is 0.350. The van der Waals surface area contributed by atoms with Crippen molar-refractivity contribution < 1.29 is 0 Å². The lowest BCUT2D eigenvalue weighted by molar-refractivity contribution is 0.518. The summed E-state index contributed by atoms with van der Waals surface area (Å²) in [7, 11) is 0. The molecular formula is C17H23ClN2. The molecule has 0 aliphatic carbocycles. The number of hydrogen-bond acceptors (Lipinski definition) is 1. The minimum atomic E-state index is 0.350. The number of halogens is 1. The molecule has 1 N–H and O–H groups in total. The van der Waals surface area contributed by atoms with Crippen molar-refractivity contribution >= 4 is 11.6 Å². The molecule has 0 radical (unpaired) electrons. The van der Waals surface area contributed by atoms with E-state index < -0.39 is 0 Å². The van der Waals surface area contributed by atoms with Crippen LogP contribution >= 0.6 is 11.6 Å². The van der Waals surface area contributed by atoms with Crippen LogP contribution in [0.15, 0.2) is 42.7 Å². The summed E-state index contributed by atoms with van der Waals surface area (Å²) in [6.07, 6.45) is 6.60. The summed E-state index contributed by atoms with van der Waals surface area (Å²) in [6, 6.07) is 10.7. The monoisotopic (exact) mass is 290 g/mol. The number of nitrogens with one attached hydrogen (secondary N) is 1. The Morgan fingerprint density at radius 1 is 1.25 bits per heavy atom. The van der Waals surface area contributed by atoms with Crippen molar-refractivity contribution in [2.75, 3.05) is 0 Å². The van der Waals surface area contributed by atoms with Gasteiger partial charge in [0.25, 0.3) is 0 Å². The fourth-order valence-corrected chi connectivity index (χ4v) is 2.65. The van der Waals surface area contributed by atoms with Gasteiger partial charge in [0.1, 0.15) is 0 Å². The van der Waals surface area contributed by atoms with Gasteiger partial charge in [0.15, 0.2) is 0 Å². The van der Waals surface area contributed by atoms with Gasteiger partial charge in [-0.15, -0.1) is 0 Å². The molecule has 2 aromatic rings. The molecule has 1 aromatic carbocycles. The molecule has 0 bridgehead atoms. The molecule has 1 atom stereocenters. The lowest BCUT2D eigenvalue weighted by Gasteiger charge is -2.17. The van der Waals surface area contributed by atoms with Gasteiger partial charge >= 0.3 is 0 Å². The summed E-state index contributed by atoms with van der Waals surface area (Å²) in [5.41, 5.74) is 2.59. The second-order valence-corrected chi connectivity index (χ2v) is 5.59. The number of rotatable bonds is 7. The Morgan fingerprint density at radius 3 is 2.80 bits per heavy atom. The van der Waals surface area contributed by atoms with E-state index in [1.54, 1.807) is 0 Å². The third-order valence-electron chi connectivity index (χ3n) is 3.51. The van der Waals surface area contributed by atoms with E-state index in [4.69, 9.17) is 11.6 Å². The maximum atomic E-state index is 6.07. The smallest absolute Gasteiger partial charge is 0.0409 e. The molecule has 2 nitrogen and oxygen atoms in total. The summed E-state index contributed by atoms with van der Waals surface area (Å²) in [4.78, 5) is 0. The first-order valence-electron chi connectivity index (χ1n) is 7.36. The molecule has 1 heterocycles. The lowest BCUT2D eigenvalue weighted by Crippen LogP contribution is -2.20. The summed E-state index contributed by atoms with van der Waals surface area (Å²) >= 11 is 6.07. The second kappa shape index (κ2) is 7.51. The van der Waals surface area contributed by atoms with Crippen LogP contribution < -0.4 is 5.32 Å². The van der Waals surface area contributed by atoms with Crippen LogP contribution in [0, 0.1) is 0 Å². The maximum Gasteiger partial charge on any atom is 0.0409 e. The van der Waals surface area contributed by atoms with Crippen molar-refractivity contribution in [3.8, 4) is 0 Å². The van der Waals surface area contributed by atoms with Crippen LogP contribution in [0.2, 0.25) is 5.02 Å². The summed E-state index contributed by atoms with van der Waals surface area (Å²) in [6.45, 7) is 6.37. The van der Waals surface area contributed by atoms with Gasteiger partial charge < -0.3 is 9.88 Å². The van der Waals surface area contributed by atoms with Crippen molar-refractivity contribution in [3.63, 3.8) is 0 Å². The Labute approximate surface area is 126 Å². The van der Waals surface area contributed by atoms with Crippen LogP contribution in [0.1, 0.15) is 43.9 Å². The molecule has 0 aliphatic heterocycles. The van der Waals surface area contributed by atoms with Gasteiger partial charge in [0, 0.05) is 36.5 Å². The molecule has 0 fully saturated rings. The van der Waals surface area contributed by atoms with Gasteiger partial charge in [-0.05, 0) is 42.2 Å². The van der Waals surface area contributed by atoms with Crippen molar-refractivity contribution in [1.29, 1.82) is 0 Å². The molecule has 0 aliphatic rings. The Kier molecular flexibility index (Phi) is 5.69. The Morgan fingerprint density at radius 2 is 2.10 bits per heavy atom. The van der Waals surface area contributed by atoms with Gasteiger partial charge in [-0.1, -0.05) is 37.6 Å². The quantitative estimate of drug-likeness (QED) is 0.775. The maximum absolute atomic E-state index is 6.07. The van der Waals surface area contributed by atoms with Crippen molar-refractivity contribution in [1.82, 2.24) is 9.88 Å². The molecule has 2 rings (SSSR count). The third-order valence-corrected chi connectivity index (χ3v) is 3.74. The fourth-order valence-electron chi connectivity index (χ4n) is 2.45. The van der Waals surface area contributed by atoms with Crippen LogP contribution in [-0.4, -0.2) is 4.57 Å². The molecule has 0 spiro atoms. The van der Waals surface area contributed by atoms with E-state index in [2.05, 4.69) is 48.3 Å². The highest BCUT2D eigenvalue weighted by molar-refractivity contribution is 6.30. The van der Waals surface area contributed by atoms with Gasteiger partial charge in [0.2, 0.25) is 0 Å². The lowest BCUT2D eigenvalue weighted by atomic mass is 10.0. The summed E-state index contributed by atoms with van der Waals surface area (Å²) < 4.78 is 2.25. The molecule has 0 saturated carbocycles. The first kappa shape index (κ1) is 15.1. The molecule has 108 valence electrons. The van der Waals surface area contributed by atoms with Gasteiger partial charge in [-0.3, -0.25) is 0 Å². The standard InChI is InChI=1S/C17H23ClN2/c1-3-9-20-10-8-14(13-20)12-19-17(4-2)15-6-5-7-16(18)11-15/h5-8,10-11,13,17,19H,3-4,9,12H2,1-2H3. The van der Waals surface area contributed by atoms with Crippen LogP contribution in [0.25, 0.3) is 0 Å². The van der Waals surface area contributed by atoms with Crippen LogP contribution in [0.5, 0.6) is 0 Å². The Hall–Kier alpha value is -1.25. The molecular weight excluding hydrogens is 268 g/mol. The molecule has 3 heteroatoms. The first-order valence-corrected chi connectivity index (χ1v) is 7.74. The number of aryl methyl sites for hydroxylation is 1. The average molecular weight is 291 g/mol. The summed E-state index contributed by atoms with van der Waals surface area (Å²) in [5, 5.41) is 4.42. The van der Waals surface area contributed by atoms with E-state index in [0.717, 1.165) is 24.5 Å². The Balaban J connectivity index is 1.96. The predicted molar refractivity (Wildman–Crippen MR) is 86.0 cm³/mol. The molecule has 20 heavy (non-hydrogen) atoms. The first-order chi connectivity index (χ1) is 9.72. The topological polar surface area (TPSA) is 17.0 Å².